The first-order chi connectivity index (χ1) is 17.0. The molecule has 0 unspecified atom stereocenters. The van der Waals surface area contributed by atoms with Crippen molar-refractivity contribution in [1.29, 1.82) is 0 Å². The molecule has 0 fully saturated rings. The topological polar surface area (TPSA) is 102 Å². The van der Waals surface area contributed by atoms with Gasteiger partial charge in [-0.15, -0.1) is 0 Å². The highest BCUT2D eigenvalue weighted by Crippen LogP contribution is 2.36. The molecule has 3 rings (SSSR count). The zero-order valence-corrected chi connectivity index (χ0v) is 19.5. The Balaban J connectivity index is 2.09. The maximum atomic E-state index is 14.8. The predicted octanol–water partition coefficient (Wildman–Crippen LogP) is 3.75. The summed E-state index contributed by atoms with van der Waals surface area (Å²) in [6.07, 6.45) is 1.81. The van der Waals surface area contributed by atoms with Gasteiger partial charge in [0, 0.05) is 24.0 Å². The highest BCUT2D eigenvalue weighted by Gasteiger charge is 2.34. The fraction of sp³-hybridized carbons (Fsp3) is 0.273. The van der Waals surface area contributed by atoms with Gasteiger partial charge in [-0.2, -0.15) is 8.78 Å². The molecule has 0 aliphatic rings. The second-order valence-corrected chi connectivity index (χ2v) is 7.55. The number of aromatic nitrogens is 3. The van der Waals surface area contributed by atoms with Crippen LogP contribution in [-0.4, -0.2) is 40.0 Å². The number of esters is 1. The van der Waals surface area contributed by atoms with Crippen molar-refractivity contribution in [3.63, 3.8) is 0 Å². The van der Waals surface area contributed by atoms with Crippen molar-refractivity contribution in [2.45, 2.75) is 19.9 Å². The smallest absolute Gasteiger partial charge is 0.361 e. The number of aryl methyl sites for hydroxylation is 1. The zero-order chi connectivity index (χ0) is 26.6. The Morgan fingerprint density at radius 3 is 2.61 bits per heavy atom. The second kappa shape index (κ2) is 10.8. The minimum absolute atomic E-state index is 0.0979. The predicted molar refractivity (Wildman–Crippen MR) is 119 cm³/mol. The number of carbonyl (C=O) groups excluding carboxylic acids is 1. The highest BCUT2D eigenvalue weighted by molar-refractivity contribution is 6.32. The first kappa shape index (κ1) is 26.7. The molecule has 9 nitrogen and oxygen atoms in total. The van der Waals surface area contributed by atoms with E-state index in [2.05, 4.69) is 4.98 Å². The van der Waals surface area contributed by atoms with Gasteiger partial charge in [0.25, 0.3) is 11.4 Å². The van der Waals surface area contributed by atoms with Gasteiger partial charge >= 0.3 is 17.7 Å². The van der Waals surface area contributed by atoms with Gasteiger partial charge in [-0.1, -0.05) is 11.6 Å². The molecule has 0 radical (unpaired) electrons. The number of nitrogens with zero attached hydrogens (tertiary/aromatic N) is 3. The standard InChI is InChI=1S/C22H18ClF4N3O6/c1-3-34-18(31)10-35-19-16(5-4-6-28-19)36-17-8-15(14(25)7-13(17)23)30-20(32)12(2)9-29(21(30)33)22(26,27)11-24/h4-9H,3,10-11H2,1-2H3. The van der Waals surface area contributed by atoms with E-state index in [0.29, 0.717) is 12.3 Å². The summed E-state index contributed by atoms with van der Waals surface area (Å²) in [5.41, 5.74) is -3.99. The molecule has 3 aromatic rings. The summed E-state index contributed by atoms with van der Waals surface area (Å²) in [7, 11) is 0. The number of alkyl halides is 3. The largest absolute Gasteiger partial charge is 0.463 e. The molecule has 2 heterocycles. The van der Waals surface area contributed by atoms with E-state index in [-0.39, 0.29) is 43.7 Å². The van der Waals surface area contributed by atoms with Crippen LogP contribution >= 0.6 is 11.6 Å². The first-order valence-electron chi connectivity index (χ1n) is 10.2. The number of ether oxygens (including phenoxy) is 3. The summed E-state index contributed by atoms with van der Waals surface area (Å²) in [4.78, 5) is 40.8. The molecule has 0 saturated heterocycles. The van der Waals surface area contributed by atoms with E-state index in [4.69, 9.17) is 25.8 Å². The number of carbonyl (C=O) groups is 1. The number of pyridine rings is 1. The van der Waals surface area contributed by atoms with Gasteiger partial charge in [-0.3, -0.25) is 4.79 Å². The van der Waals surface area contributed by atoms with Crippen LogP contribution in [0.3, 0.4) is 0 Å². The van der Waals surface area contributed by atoms with Gasteiger partial charge in [0.1, 0.15) is 11.6 Å². The van der Waals surface area contributed by atoms with Crippen LogP contribution in [0.2, 0.25) is 5.02 Å². The van der Waals surface area contributed by atoms with Gasteiger partial charge in [0.2, 0.25) is 0 Å². The minimum atomic E-state index is -4.29. The van der Waals surface area contributed by atoms with E-state index in [0.717, 1.165) is 13.0 Å². The van der Waals surface area contributed by atoms with E-state index < -0.39 is 48.1 Å². The lowest BCUT2D eigenvalue weighted by Gasteiger charge is -2.19. The van der Waals surface area contributed by atoms with Crippen molar-refractivity contribution in [3.8, 4) is 23.1 Å². The molecule has 192 valence electrons. The Labute approximate surface area is 205 Å². The van der Waals surface area contributed by atoms with Gasteiger partial charge in [0.05, 0.1) is 17.3 Å². The third kappa shape index (κ3) is 5.51. The second-order valence-electron chi connectivity index (χ2n) is 7.14. The first-order valence-corrected chi connectivity index (χ1v) is 10.6. The molecule has 14 heteroatoms. The van der Waals surface area contributed by atoms with Crippen molar-refractivity contribution in [1.82, 2.24) is 14.1 Å². The number of benzene rings is 1. The normalized spacial score (nSPS) is 11.3. The number of hydrogen-bond acceptors (Lipinski definition) is 7. The van der Waals surface area contributed by atoms with Crippen molar-refractivity contribution in [2.24, 2.45) is 0 Å². The molecule has 0 amide bonds. The van der Waals surface area contributed by atoms with Crippen LogP contribution in [0.15, 0.2) is 46.2 Å². The molecule has 0 aliphatic heterocycles. The Kier molecular flexibility index (Phi) is 8.03. The van der Waals surface area contributed by atoms with Crippen molar-refractivity contribution < 1.29 is 36.6 Å². The summed E-state index contributed by atoms with van der Waals surface area (Å²) < 4.78 is 71.1. The van der Waals surface area contributed by atoms with Crippen LogP contribution in [0.5, 0.6) is 17.4 Å². The van der Waals surface area contributed by atoms with Crippen LogP contribution in [0.25, 0.3) is 5.69 Å². The third-order valence-corrected chi connectivity index (χ3v) is 4.90. The van der Waals surface area contributed by atoms with Gasteiger partial charge in [-0.05, 0) is 32.0 Å². The van der Waals surface area contributed by atoms with Gasteiger partial charge in [-0.25, -0.2) is 32.5 Å². The zero-order valence-electron chi connectivity index (χ0n) is 18.8. The quantitative estimate of drug-likeness (QED) is 0.306. The fourth-order valence-electron chi connectivity index (χ4n) is 2.96. The number of hydrogen-bond donors (Lipinski definition) is 0. The molecule has 0 aliphatic carbocycles. The van der Waals surface area contributed by atoms with E-state index in [9.17, 15) is 31.9 Å². The number of rotatable bonds is 9. The van der Waals surface area contributed by atoms with Crippen LogP contribution in [0.1, 0.15) is 12.5 Å². The van der Waals surface area contributed by atoms with Crippen LogP contribution < -0.4 is 20.7 Å². The maximum absolute atomic E-state index is 14.8. The van der Waals surface area contributed by atoms with Crippen LogP contribution in [-0.2, 0) is 15.6 Å². The van der Waals surface area contributed by atoms with Crippen molar-refractivity contribution in [2.75, 3.05) is 19.9 Å². The number of halogens is 5. The summed E-state index contributed by atoms with van der Waals surface area (Å²) in [6.45, 7) is 0.0761. The summed E-state index contributed by atoms with van der Waals surface area (Å²) >= 11 is 6.06. The SMILES string of the molecule is CCOC(=O)COc1ncccc1Oc1cc(-n2c(=O)c(C)cn(C(F)(F)CF)c2=O)c(F)cc1Cl. The third-order valence-electron chi connectivity index (χ3n) is 4.60. The van der Waals surface area contributed by atoms with E-state index in [1.165, 1.54) is 18.3 Å². The van der Waals surface area contributed by atoms with E-state index in [1.807, 2.05) is 0 Å². The Morgan fingerprint density at radius 1 is 1.22 bits per heavy atom. The Bertz CT molecular complexity index is 1410. The molecule has 0 N–H and O–H groups in total. The average molecular weight is 532 g/mol. The van der Waals surface area contributed by atoms with Gasteiger partial charge in [0.15, 0.2) is 19.0 Å². The molecule has 0 atom stereocenters. The lowest BCUT2D eigenvalue weighted by atomic mass is 10.2. The average Bonchev–Trinajstić information content (AvgIpc) is 2.83. The summed E-state index contributed by atoms with van der Waals surface area (Å²) in [5, 5.41) is -0.327. The highest BCUT2D eigenvalue weighted by atomic mass is 35.5. The summed E-state index contributed by atoms with van der Waals surface area (Å²) in [6, 6.07) is 0.0159. The van der Waals surface area contributed by atoms with E-state index >= 15 is 0 Å². The monoisotopic (exact) mass is 531 g/mol. The molecule has 0 spiro atoms. The molecular formula is C22H18ClF4N3O6. The molecular weight excluding hydrogens is 514 g/mol. The van der Waals surface area contributed by atoms with Gasteiger partial charge < -0.3 is 14.2 Å². The van der Waals surface area contributed by atoms with Crippen LogP contribution in [0.4, 0.5) is 17.6 Å². The molecule has 2 aromatic heterocycles. The molecule has 0 saturated carbocycles. The summed E-state index contributed by atoms with van der Waals surface area (Å²) in [5.74, 6) is -2.50. The molecule has 0 bridgehead atoms. The molecule has 36 heavy (non-hydrogen) atoms. The fourth-order valence-corrected chi connectivity index (χ4v) is 3.15. The lowest BCUT2D eigenvalue weighted by Crippen LogP contribution is -2.46. The molecule has 1 aromatic carbocycles. The van der Waals surface area contributed by atoms with E-state index in [1.54, 1.807) is 6.92 Å². The van der Waals surface area contributed by atoms with Crippen molar-refractivity contribution in [3.05, 3.63) is 73.9 Å². The minimum Gasteiger partial charge on any atom is -0.463 e. The lowest BCUT2D eigenvalue weighted by molar-refractivity contribution is -0.145. The Hall–Kier alpha value is -3.87. The maximum Gasteiger partial charge on any atom is 0.361 e. The Morgan fingerprint density at radius 2 is 1.94 bits per heavy atom. The van der Waals surface area contributed by atoms with Crippen molar-refractivity contribution >= 4 is 17.6 Å². The van der Waals surface area contributed by atoms with Crippen LogP contribution in [0, 0.1) is 12.7 Å².